The molecule has 0 aliphatic rings. The summed E-state index contributed by atoms with van der Waals surface area (Å²) in [6.07, 6.45) is 0. The zero-order valence-corrected chi connectivity index (χ0v) is 14.4. The summed E-state index contributed by atoms with van der Waals surface area (Å²) in [5.41, 5.74) is 2.00. The Kier molecular flexibility index (Phi) is 3.97. The second-order valence-corrected chi connectivity index (χ2v) is 6.90. The van der Waals surface area contributed by atoms with Gasteiger partial charge in [-0.1, -0.05) is 18.2 Å². The average molecular weight is 353 g/mol. The Labute approximate surface area is 147 Å². The van der Waals surface area contributed by atoms with Gasteiger partial charge in [0.25, 0.3) is 5.91 Å². The maximum Gasteiger partial charge on any atom is 0.261 e. The molecular weight excluding hydrogens is 337 g/mol. The predicted octanol–water partition coefficient (Wildman–Crippen LogP) is 4.13. The molecule has 0 aliphatic carbocycles. The quantitative estimate of drug-likeness (QED) is 0.600. The summed E-state index contributed by atoms with van der Waals surface area (Å²) >= 11 is 1.30. The van der Waals surface area contributed by atoms with E-state index < -0.39 is 0 Å². The Morgan fingerprint density at radius 2 is 2.08 bits per heavy atom. The van der Waals surface area contributed by atoms with Crippen molar-refractivity contribution in [3.63, 3.8) is 0 Å². The van der Waals surface area contributed by atoms with Crippen LogP contribution in [0.15, 0.2) is 48.5 Å². The zero-order chi connectivity index (χ0) is 17.4. The van der Waals surface area contributed by atoms with Gasteiger partial charge in [0.15, 0.2) is 0 Å². The lowest BCUT2D eigenvalue weighted by molar-refractivity contribution is 0.0956. The number of carbonyl (C=O) groups is 1. The summed E-state index contributed by atoms with van der Waals surface area (Å²) in [6.45, 7) is 3.07. The van der Waals surface area contributed by atoms with Crippen molar-refractivity contribution in [2.45, 2.75) is 13.5 Å². The van der Waals surface area contributed by atoms with Crippen molar-refractivity contribution in [2.75, 3.05) is 6.54 Å². The highest BCUT2D eigenvalue weighted by atomic mass is 32.1. The molecule has 0 atom stereocenters. The number of benzene rings is 2. The van der Waals surface area contributed by atoms with E-state index in [-0.39, 0.29) is 11.7 Å². The second-order valence-electron chi connectivity index (χ2n) is 5.82. The van der Waals surface area contributed by atoms with Crippen LogP contribution in [0.4, 0.5) is 4.39 Å². The first-order valence-corrected chi connectivity index (χ1v) is 8.83. The first-order chi connectivity index (χ1) is 12.1. The van der Waals surface area contributed by atoms with E-state index in [1.165, 1.54) is 17.4 Å². The number of aryl methyl sites for hydroxylation is 1. The van der Waals surface area contributed by atoms with Crippen LogP contribution in [0, 0.1) is 12.7 Å². The van der Waals surface area contributed by atoms with Crippen LogP contribution in [-0.4, -0.2) is 22.0 Å². The highest BCUT2D eigenvalue weighted by molar-refractivity contribution is 7.20. The van der Waals surface area contributed by atoms with E-state index in [1.54, 1.807) is 12.1 Å². The van der Waals surface area contributed by atoms with E-state index in [2.05, 4.69) is 14.9 Å². The Bertz CT molecular complexity index is 1080. The number of imidazole rings is 1. The van der Waals surface area contributed by atoms with E-state index in [0.29, 0.717) is 23.4 Å². The highest BCUT2D eigenvalue weighted by Gasteiger charge is 2.12. The number of halogens is 1. The Morgan fingerprint density at radius 1 is 1.24 bits per heavy atom. The smallest absolute Gasteiger partial charge is 0.261 e. The number of thiophene rings is 1. The van der Waals surface area contributed by atoms with Crippen molar-refractivity contribution in [1.82, 2.24) is 14.9 Å². The number of aromatic nitrogens is 2. The minimum absolute atomic E-state index is 0.178. The number of nitrogens with zero attached hydrogens (tertiary/aromatic N) is 2. The molecule has 4 rings (SSSR count). The second kappa shape index (κ2) is 6.29. The predicted molar refractivity (Wildman–Crippen MR) is 98.6 cm³/mol. The fourth-order valence-corrected chi connectivity index (χ4v) is 3.98. The molecular formula is C19H16FN3OS. The van der Waals surface area contributed by atoms with Gasteiger partial charge in [-0.05, 0) is 37.3 Å². The largest absolute Gasteiger partial charge is 0.350 e. The van der Waals surface area contributed by atoms with Gasteiger partial charge in [-0.3, -0.25) is 4.79 Å². The number of hydrogen-bond acceptors (Lipinski definition) is 3. The van der Waals surface area contributed by atoms with Crippen LogP contribution in [0.5, 0.6) is 0 Å². The third-order valence-electron chi connectivity index (χ3n) is 4.20. The third-order valence-corrected chi connectivity index (χ3v) is 5.30. The van der Waals surface area contributed by atoms with Gasteiger partial charge < -0.3 is 9.88 Å². The summed E-state index contributed by atoms with van der Waals surface area (Å²) < 4.78 is 16.6. The Balaban J connectivity index is 1.48. The number of hydrogen-bond donors (Lipinski definition) is 1. The van der Waals surface area contributed by atoms with E-state index in [9.17, 15) is 9.18 Å². The van der Waals surface area contributed by atoms with Gasteiger partial charge in [0, 0.05) is 23.2 Å². The van der Waals surface area contributed by atoms with Gasteiger partial charge in [0.05, 0.1) is 15.9 Å². The maximum atomic E-state index is 13.8. The van der Waals surface area contributed by atoms with Gasteiger partial charge >= 0.3 is 0 Å². The van der Waals surface area contributed by atoms with Gasteiger partial charge in [-0.25, -0.2) is 9.37 Å². The van der Waals surface area contributed by atoms with Crippen molar-refractivity contribution in [1.29, 1.82) is 0 Å². The molecule has 0 aliphatic heterocycles. The lowest BCUT2D eigenvalue weighted by Crippen LogP contribution is -2.26. The molecule has 0 unspecified atom stereocenters. The minimum atomic E-state index is -0.298. The molecule has 1 amide bonds. The summed E-state index contributed by atoms with van der Waals surface area (Å²) in [6, 6.07) is 14.4. The van der Waals surface area contributed by atoms with Crippen molar-refractivity contribution in [2.24, 2.45) is 0 Å². The molecule has 126 valence electrons. The van der Waals surface area contributed by atoms with Crippen LogP contribution >= 0.6 is 11.3 Å². The molecule has 6 heteroatoms. The van der Waals surface area contributed by atoms with Crippen LogP contribution < -0.4 is 5.32 Å². The van der Waals surface area contributed by atoms with Crippen molar-refractivity contribution >= 4 is 38.4 Å². The molecule has 1 N–H and O–H groups in total. The van der Waals surface area contributed by atoms with Crippen molar-refractivity contribution < 1.29 is 9.18 Å². The molecule has 2 aromatic heterocycles. The summed E-state index contributed by atoms with van der Waals surface area (Å²) in [5.74, 6) is 0.440. The first-order valence-electron chi connectivity index (χ1n) is 8.01. The fraction of sp³-hybridized carbons (Fsp3) is 0.158. The molecule has 0 radical (unpaired) electrons. The number of nitrogens with one attached hydrogen (secondary N) is 1. The number of carbonyl (C=O) groups excluding carboxylic acids is 1. The molecule has 0 saturated carbocycles. The SMILES string of the molecule is Cc1nc2ccccc2n1CCNC(=O)c1cc2c(F)cccc2s1. The zero-order valence-electron chi connectivity index (χ0n) is 13.6. The Hall–Kier alpha value is -2.73. The molecule has 25 heavy (non-hydrogen) atoms. The van der Waals surface area contributed by atoms with Crippen molar-refractivity contribution in [3.8, 4) is 0 Å². The molecule has 4 aromatic rings. The summed E-state index contributed by atoms with van der Waals surface area (Å²) in [7, 11) is 0. The average Bonchev–Trinajstić information content (AvgIpc) is 3.17. The Morgan fingerprint density at radius 3 is 2.92 bits per heavy atom. The van der Waals surface area contributed by atoms with Crippen LogP contribution in [0.2, 0.25) is 0 Å². The van der Waals surface area contributed by atoms with E-state index in [1.807, 2.05) is 37.3 Å². The fourth-order valence-electron chi connectivity index (χ4n) is 2.98. The normalized spacial score (nSPS) is 11.3. The third kappa shape index (κ3) is 2.89. The molecule has 0 spiro atoms. The lowest BCUT2D eigenvalue weighted by atomic mass is 10.2. The minimum Gasteiger partial charge on any atom is -0.350 e. The summed E-state index contributed by atoms with van der Waals surface area (Å²) in [4.78, 5) is 17.4. The maximum absolute atomic E-state index is 13.8. The number of para-hydroxylation sites is 2. The van der Waals surface area contributed by atoms with E-state index in [0.717, 1.165) is 21.6 Å². The number of fused-ring (bicyclic) bond motifs is 2. The van der Waals surface area contributed by atoms with E-state index >= 15 is 0 Å². The van der Waals surface area contributed by atoms with Crippen molar-refractivity contribution in [3.05, 3.63) is 65.0 Å². The topological polar surface area (TPSA) is 46.9 Å². The van der Waals surface area contributed by atoms with E-state index in [4.69, 9.17) is 0 Å². The highest BCUT2D eigenvalue weighted by Crippen LogP contribution is 2.27. The van der Waals surface area contributed by atoms with Gasteiger partial charge in [0.2, 0.25) is 0 Å². The summed E-state index contributed by atoms with van der Waals surface area (Å²) in [5, 5.41) is 3.40. The lowest BCUT2D eigenvalue weighted by Gasteiger charge is -2.08. The molecule has 0 fully saturated rings. The number of rotatable bonds is 4. The first kappa shape index (κ1) is 15.8. The molecule has 0 saturated heterocycles. The van der Waals surface area contributed by atoms with Crippen LogP contribution in [0.3, 0.4) is 0 Å². The van der Waals surface area contributed by atoms with Gasteiger partial charge in [-0.15, -0.1) is 11.3 Å². The van der Waals surface area contributed by atoms with Gasteiger partial charge in [0.1, 0.15) is 11.6 Å². The molecule has 4 nitrogen and oxygen atoms in total. The van der Waals surface area contributed by atoms with Crippen LogP contribution in [0.25, 0.3) is 21.1 Å². The number of amides is 1. The van der Waals surface area contributed by atoms with Crippen LogP contribution in [-0.2, 0) is 6.54 Å². The molecule has 2 heterocycles. The monoisotopic (exact) mass is 353 g/mol. The standard InChI is InChI=1S/C19H16FN3OS/c1-12-22-15-6-2-3-7-16(15)23(12)10-9-21-19(24)18-11-13-14(20)5-4-8-17(13)25-18/h2-8,11H,9-10H2,1H3,(H,21,24). The van der Waals surface area contributed by atoms with Crippen LogP contribution in [0.1, 0.15) is 15.5 Å². The molecule has 2 aromatic carbocycles. The van der Waals surface area contributed by atoms with Gasteiger partial charge in [-0.2, -0.15) is 0 Å². The molecule has 0 bridgehead atoms.